The molecule has 156 valence electrons. The lowest BCUT2D eigenvalue weighted by molar-refractivity contribution is -0.137. The Morgan fingerprint density at radius 2 is 1.74 bits per heavy atom. The Bertz CT molecular complexity index is 671. The summed E-state index contributed by atoms with van der Waals surface area (Å²) in [6.45, 7) is 9.85. The Kier molecular flexibility index (Phi) is 11.2. The Morgan fingerprint density at radius 3 is 2.11 bits per heavy atom. The van der Waals surface area contributed by atoms with Crippen molar-refractivity contribution in [2.24, 2.45) is 0 Å². The van der Waals surface area contributed by atoms with Crippen LogP contribution in [0.5, 0.6) is 0 Å². The van der Waals surface area contributed by atoms with Crippen LogP contribution in [0.3, 0.4) is 0 Å². The number of carbonyl (C=O) groups excluding carboxylic acids is 1. The number of anilines is 1. The average molecular weight is 405 g/mol. The van der Waals surface area contributed by atoms with Gasteiger partial charge in [0.15, 0.2) is 0 Å². The summed E-state index contributed by atoms with van der Waals surface area (Å²) in [5.41, 5.74) is 8.92. The van der Waals surface area contributed by atoms with Crippen molar-refractivity contribution < 1.29 is 27.2 Å². The molecular formula is C18H32N2O6S. The molecule has 1 unspecified atom stereocenters. The van der Waals surface area contributed by atoms with E-state index in [1.165, 1.54) is 0 Å². The van der Waals surface area contributed by atoms with Gasteiger partial charge in [-0.3, -0.25) is 0 Å². The molecule has 1 aromatic carbocycles. The molecule has 0 aliphatic rings. The Labute approximate surface area is 162 Å². The average Bonchev–Trinajstić information content (AvgIpc) is 2.59. The van der Waals surface area contributed by atoms with Gasteiger partial charge in [0.25, 0.3) is 0 Å². The fourth-order valence-electron chi connectivity index (χ4n) is 1.86. The maximum absolute atomic E-state index is 11.8. The van der Waals surface area contributed by atoms with E-state index in [2.05, 4.69) is 4.18 Å². The molecule has 1 rings (SSSR count). The van der Waals surface area contributed by atoms with E-state index in [4.69, 9.17) is 15.6 Å². The van der Waals surface area contributed by atoms with Gasteiger partial charge in [0.2, 0.25) is 0 Å². The molecule has 0 fully saturated rings. The van der Waals surface area contributed by atoms with Crippen molar-refractivity contribution in [1.82, 2.24) is 4.31 Å². The van der Waals surface area contributed by atoms with Gasteiger partial charge in [0.05, 0.1) is 6.10 Å². The second-order valence-electron chi connectivity index (χ2n) is 6.37. The molecule has 0 radical (unpaired) electrons. The monoisotopic (exact) mass is 404 g/mol. The van der Waals surface area contributed by atoms with Crippen LogP contribution in [0.25, 0.3) is 0 Å². The van der Waals surface area contributed by atoms with Crippen molar-refractivity contribution in [3.63, 3.8) is 0 Å². The highest BCUT2D eigenvalue weighted by Gasteiger charge is 2.30. The normalized spacial score (nSPS) is 12.5. The van der Waals surface area contributed by atoms with Crippen LogP contribution in [0.1, 0.15) is 45.2 Å². The molecule has 0 heterocycles. The summed E-state index contributed by atoms with van der Waals surface area (Å²) in [5, 5.41) is 8.51. The second kappa shape index (κ2) is 11.9. The quantitative estimate of drug-likeness (QED) is 0.503. The van der Waals surface area contributed by atoms with Gasteiger partial charge in [0, 0.05) is 11.7 Å². The zero-order valence-corrected chi connectivity index (χ0v) is 17.7. The van der Waals surface area contributed by atoms with Gasteiger partial charge in [-0.25, -0.2) is 4.79 Å². The number of aliphatic hydroxyl groups is 1. The third kappa shape index (κ3) is 9.18. The number of benzene rings is 1. The Hall–Kier alpha value is -1.68. The first-order chi connectivity index (χ1) is 12.5. The van der Waals surface area contributed by atoms with Gasteiger partial charge >= 0.3 is 16.3 Å². The summed E-state index contributed by atoms with van der Waals surface area (Å²) < 4.78 is 34.0. The minimum atomic E-state index is -4.24. The number of carbonyl (C=O) groups is 1. The molecule has 0 bridgehead atoms. The number of hydrogen-bond acceptors (Lipinski definition) is 7. The minimum absolute atomic E-state index is 0.153. The van der Waals surface area contributed by atoms with E-state index in [9.17, 15) is 13.2 Å². The lowest BCUT2D eigenvalue weighted by atomic mass is 10.1. The van der Waals surface area contributed by atoms with Crippen molar-refractivity contribution in [2.75, 3.05) is 19.1 Å². The maximum atomic E-state index is 11.8. The van der Waals surface area contributed by atoms with Crippen LogP contribution in [0.15, 0.2) is 18.2 Å². The van der Waals surface area contributed by atoms with Crippen molar-refractivity contribution in [1.29, 1.82) is 0 Å². The van der Waals surface area contributed by atoms with Gasteiger partial charge in [-0.2, -0.15) is 8.42 Å². The van der Waals surface area contributed by atoms with E-state index >= 15 is 0 Å². The number of nitrogens with two attached hydrogens (primary N) is 1. The van der Waals surface area contributed by atoms with Gasteiger partial charge < -0.3 is 19.8 Å². The SMILES string of the molecule is CCC(C)N(COC(C)C)S(=O)(=O)OC(=O)CO.Cc1cccc(C)c1N. The molecule has 0 amide bonds. The Balaban J connectivity index is 0.000000621. The first-order valence-corrected chi connectivity index (χ1v) is 10.1. The number of nitrogen functional groups attached to an aromatic ring is 1. The molecule has 8 nitrogen and oxygen atoms in total. The van der Waals surface area contributed by atoms with Crippen LogP contribution in [-0.4, -0.2) is 49.3 Å². The van der Waals surface area contributed by atoms with Crippen LogP contribution in [0.2, 0.25) is 0 Å². The van der Waals surface area contributed by atoms with Crippen LogP contribution in [-0.2, 0) is 24.0 Å². The maximum Gasteiger partial charge on any atom is 0.389 e. The lowest BCUT2D eigenvalue weighted by Crippen LogP contribution is -2.42. The van der Waals surface area contributed by atoms with Gasteiger partial charge in [-0.1, -0.05) is 25.1 Å². The molecule has 27 heavy (non-hydrogen) atoms. The van der Waals surface area contributed by atoms with Crippen LogP contribution in [0.4, 0.5) is 5.69 Å². The molecule has 9 heteroatoms. The van der Waals surface area contributed by atoms with E-state index < -0.39 is 22.9 Å². The highest BCUT2D eigenvalue weighted by molar-refractivity contribution is 7.84. The van der Waals surface area contributed by atoms with Crippen LogP contribution >= 0.6 is 0 Å². The standard InChI is InChI=1S/C10H21NO6S.C8H11N/c1-5-9(4)11(7-16-8(2)3)18(14,15)17-10(13)6-12;1-6-4-3-5-7(2)8(6)9/h8-9,12H,5-7H2,1-4H3;3-5H,9H2,1-2H3. The van der Waals surface area contributed by atoms with Crippen LogP contribution in [0, 0.1) is 13.8 Å². The molecule has 0 saturated heterocycles. The largest absolute Gasteiger partial charge is 0.398 e. The zero-order chi connectivity index (χ0) is 21.2. The number of rotatable bonds is 8. The van der Waals surface area contributed by atoms with Crippen molar-refractivity contribution in [2.45, 2.75) is 60.1 Å². The molecule has 1 aromatic rings. The second-order valence-corrected chi connectivity index (χ2v) is 7.86. The van der Waals surface area contributed by atoms with E-state index in [0.29, 0.717) is 6.42 Å². The summed E-state index contributed by atoms with van der Waals surface area (Å²) >= 11 is 0. The van der Waals surface area contributed by atoms with E-state index in [1.807, 2.05) is 32.0 Å². The van der Waals surface area contributed by atoms with Crippen LogP contribution < -0.4 is 5.73 Å². The number of para-hydroxylation sites is 1. The predicted octanol–water partition coefficient (Wildman–Crippen LogP) is 2.14. The summed E-state index contributed by atoms with van der Waals surface area (Å²) in [5.74, 6) is -1.21. The molecule has 1 atom stereocenters. The third-order valence-corrected chi connectivity index (χ3v) is 5.21. The summed E-state index contributed by atoms with van der Waals surface area (Å²) in [4.78, 5) is 10.9. The summed E-state index contributed by atoms with van der Waals surface area (Å²) in [6.07, 6.45) is 0.387. The highest BCUT2D eigenvalue weighted by atomic mass is 32.2. The van der Waals surface area contributed by atoms with Gasteiger partial charge in [0.1, 0.15) is 13.3 Å². The summed E-state index contributed by atoms with van der Waals surface area (Å²) in [6, 6.07) is 5.67. The third-order valence-electron chi connectivity index (χ3n) is 3.77. The predicted molar refractivity (Wildman–Crippen MR) is 105 cm³/mol. The van der Waals surface area contributed by atoms with E-state index in [-0.39, 0.29) is 18.9 Å². The molecule has 3 N–H and O–H groups in total. The first kappa shape index (κ1) is 25.3. The van der Waals surface area contributed by atoms with Crippen molar-refractivity contribution >= 4 is 22.0 Å². The number of aliphatic hydroxyl groups excluding tert-OH is 1. The highest BCUT2D eigenvalue weighted by Crippen LogP contribution is 2.14. The van der Waals surface area contributed by atoms with Gasteiger partial charge in [-0.05, 0) is 52.2 Å². The molecule has 0 aliphatic carbocycles. The fourth-order valence-corrected chi connectivity index (χ4v) is 3.02. The number of hydrogen-bond donors (Lipinski definition) is 2. The Morgan fingerprint density at radius 1 is 1.22 bits per heavy atom. The minimum Gasteiger partial charge on any atom is -0.398 e. The van der Waals surface area contributed by atoms with Crippen molar-refractivity contribution in [3.8, 4) is 0 Å². The van der Waals surface area contributed by atoms with Crippen molar-refractivity contribution in [3.05, 3.63) is 29.3 Å². The fraction of sp³-hybridized carbons (Fsp3) is 0.611. The first-order valence-electron chi connectivity index (χ1n) is 8.74. The molecule has 0 aromatic heterocycles. The number of ether oxygens (including phenoxy) is 1. The topological polar surface area (TPSA) is 119 Å². The smallest absolute Gasteiger partial charge is 0.389 e. The zero-order valence-electron chi connectivity index (χ0n) is 16.9. The van der Waals surface area contributed by atoms with Gasteiger partial charge in [-0.15, -0.1) is 4.31 Å². The molecule has 0 spiro atoms. The van der Waals surface area contributed by atoms with E-state index in [0.717, 1.165) is 21.1 Å². The molecule has 0 saturated carbocycles. The number of aryl methyl sites for hydroxylation is 2. The molecule has 0 aliphatic heterocycles. The summed E-state index contributed by atoms with van der Waals surface area (Å²) in [7, 11) is -4.24. The lowest BCUT2D eigenvalue weighted by Gasteiger charge is -2.26. The number of nitrogens with zero attached hydrogens (tertiary/aromatic N) is 1. The van der Waals surface area contributed by atoms with E-state index in [1.54, 1.807) is 27.7 Å². The molecular weight excluding hydrogens is 372 g/mol.